The first-order chi connectivity index (χ1) is 21.2. The summed E-state index contributed by atoms with van der Waals surface area (Å²) in [6, 6.07) is 12.5. The van der Waals surface area contributed by atoms with Gasteiger partial charge in [0.25, 0.3) is 5.92 Å². The number of thiazole rings is 1. The fourth-order valence-electron chi connectivity index (χ4n) is 4.24. The van der Waals surface area contributed by atoms with Gasteiger partial charge in [-0.05, 0) is 18.2 Å². The Kier molecular flexibility index (Phi) is 8.29. The lowest BCUT2D eigenvalue weighted by Gasteiger charge is -2.09. The summed E-state index contributed by atoms with van der Waals surface area (Å²) in [5.74, 6) is -4.27. The number of aromatic amines is 1. The predicted octanol–water partition coefficient (Wildman–Crippen LogP) is 6.87. The lowest BCUT2D eigenvalue weighted by atomic mass is 10.1. The first-order valence-electron chi connectivity index (χ1n) is 12.8. The number of nitrogens with two attached hydrogens (primary N) is 1. The van der Waals surface area contributed by atoms with E-state index in [0.29, 0.717) is 16.5 Å². The van der Waals surface area contributed by atoms with Crippen molar-refractivity contribution in [1.29, 1.82) is 0 Å². The maximum atomic E-state index is 13.3. The molecule has 0 spiro atoms. The number of oxazole rings is 1. The van der Waals surface area contributed by atoms with Gasteiger partial charge >= 0.3 is 12.3 Å². The zero-order valence-corrected chi connectivity index (χ0v) is 24.1. The Labute approximate surface area is 254 Å². The Morgan fingerprint density at radius 2 is 1.89 bits per heavy atom. The Hall–Kier alpha value is -5.32. The summed E-state index contributed by atoms with van der Waals surface area (Å²) >= 11 is 1.16. The summed E-state index contributed by atoms with van der Waals surface area (Å²) in [5.41, 5.74) is 7.91. The average Bonchev–Trinajstić information content (AvgIpc) is 3.74. The van der Waals surface area contributed by atoms with Gasteiger partial charge in [-0.3, -0.25) is 0 Å². The number of hydrogen-bond donors (Lipinski definition) is 3. The maximum Gasteiger partial charge on any atom is 0.573 e. The third-order valence-electron chi connectivity index (χ3n) is 6.07. The highest BCUT2D eigenvalue weighted by Crippen LogP contribution is 2.33. The molecule has 0 bridgehead atoms. The van der Waals surface area contributed by atoms with Crippen molar-refractivity contribution in [1.82, 2.24) is 29.9 Å². The molecule has 6 rings (SSSR count). The summed E-state index contributed by atoms with van der Waals surface area (Å²) in [5, 5.41) is 20.4. The molecule has 0 unspecified atom stereocenters. The summed E-state index contributed by atoms with van der Waals surface area (Å²) in [7, 11) is 0. The van der Waals surface area contributed by atoms with Crippen LogP contribution in [0.1, 0.15) is 34.0 Å². The summed E-state index contributed by atoms with van der Waals surface area (Å²) < 4.78 is 71.8. The van der Waals surface area contributed by atoms with Gasteiger partial charge in [0.1, 0.15) is 34.5 Å². The van der Waals surface area contributed by atoms with E-state index in [-0.39, 0.29) is 35.1 Å². The number of aryl methyl sites for hydroxylation is 1. The Bertz CT molecular complexity index is 1970. The van der Waals surface area contributed by atoms with Gasteiger partial charge in [0.15, 0.2) is 17.3 Å². The molecule has 0 aliphatic carbocycles. The minimum Gasteiger partial charge on any atom is -0.476 e. The second-order valence-electron chi connectivity index (χ2n) is 9.53. The van der Waals surface area contributed by atoms with Gasteiger partial charge in [-0.15, -0.1) is 24.5 Å². The zero-order valence-electron chi connectivity index (χ0n) is 23.3. The summed E-state index contributed by atoms with van der Waals surface area (Å²) in [4.78, 5) is 23.1. The zero-order chi connectivity index (χ0) is 32.5. The maximum absolute atomic E-state index is 13.3. The highest BCUT2D eigenvalue weighted by Gasteiger charge is 2.31. The Morgan fingerprint density at radius 3 is 2.58 bits per heavy atom. The fraction of sp³-hybridized carbons (Fsp3) is 0.179. The first-order valence-corrected chi connectivity index (χ1v) is 13.7. The molecule has 234 valence electrons. The van der Waals surface area contributed by atoms with E-state index in [1.807, 2.05) is 24.3 Å². The number of nitrogen functional groups attached to an aromatic ring is 1. The smallest absolute Gasteiger partial charge is 0.476 e. The lowest BCUT2D eigenvalue weighted by molar-refractivity contribution is -0.274. The number of aromatic nitrogens is 6. The van der Waals surface area contributed by atoms with Crippen LogP contribution >= 0.6 is 11.3 Å². The van der Waals surface area contributed by atoms with Crippen molar-refractivity contribution in [3.8, 4) is 28.3 Å². The molecule has 2 aromatic carbocycles. The minimum atomic E-state index is -4.83. The second kappa shape index (κ2) is 12.0. The quantitative estimate of drug-likeness (QED) is 0.157. The molecule has 0 fully saturated rings. The van der Waals surface area contributed by atoms with Crippen LogP contribution in [0.15, 0.2) is 64.5 Å². The molecule has 0 atom stereocenters. The number of anilines is 1. The number of para-hydroxylation sites is 1. The average molecular weight is 648 g/mol. The molecule has 0 aliphatic rings. The third kappa shape index (κ3) is 7.26. The Balaban J connectivity index is 0.000000183. The normalized spacial score (nSPS) is 11.8. The van der Waals surface area contributed by atoms with Crippen LogP contribution < -0.4 is 10.5 Å². The molecule has 4 N–H and O–H groups in total. The van der Waals surface area contributed by atoms with Crippen molar-refractivity contribution in [2.24, 2.45) is 0 Å². The molecule has 4 heterocycles. The highest BCUT2D eigenvalue weighted by atomic mass is 32.1. The number of halogens is 5. The van der Waals surface area contributed by atoms with E-state index >= 15 is 0 Å². The van der Waals surface area contributed by atoms with Crippen LogP contribution in [0.2, 0.25) is 0 Å². The van der Waals surface area contributed by atoms with E-state index in [0.717, 1.165) is 46.9 Å². The van der Waals surface area contributed by atoms with Gasteiger partial charge in [-0.2, -0.15) is 23.8 Å². The van der Waals surface area contributed by atoms with Gasteiger partial charge in [-0.1, -0.05) is 30.3 Å². The van der Waals surface area contributed by atoms with Crippen LogP contribution in [0.5, 0.6) is 5.75 Å². The van der Waals surface area contributed by atoms with Crippen molar-refractivity contribution in [2.45, 2.75) is 32.7 Å². The topological polar surface area (TPSA) is 158 Å². The number of carboxylic acid groups (broad SMARTS) is 1. The number of rotatable bonds is 7. The number of hydrogen-bond acceptors (Lipinski definition) is 9. The lowest BCUT2D eigenvalue weighted by Crippen LogP contribution is -2.17. The molecular weight excluding hydrogens is 625 g/mol. The number of nitrogens with zero attached hydrogens (tertiary/aromatic N) is 5. The standard InChI is InChI=1S/C16H14F2N6S.C12H8F3NO4/c1-16(17,18)12-8-25-13(22-12)7-24-20-6-11(23-24)14-9-4-2-3-5-10(9)21-15(14)19;1-6-16-9(11(17)18)10(19-6)7-3-2-4-8(5-7)20-12(13,14)15/h2-6,8,21H,7,19H2,1H3;2-5H,1H3,(H,17,18). The number of carbonyl (C=O) groups is 1. The SMILES string of the molecule is CC(F)(F)c1csc(Cn2ncc(-c3c(N)[nH]c4ccccc34)n2)n1.Cc1nc(C(=O)O)c(-c2cccc(OC(F)(F)F)c2)o1. The van der Waals surface area contributed by atoms with E-state index in [1.54, 1.807) is 6.20 Å². The number of nitrogens with one attached hydrogen (secondary N) is 1. The molecule has 11 nitrogen and oxygen atoms in total. The van der Waals surface area contributed by atoms with E-state index in [2.05, 4.69) is 29.9 Å². The van der Waals surface area contributed by atoms with E-state index < -0.39 is 24.0 Å². The van der Waals surface area contributed by atoms with Crippen molar-refractivity contribution in [2.75, 3.05) is 5.73 Å². The molecule has 0 amide bonds. The number of benzene rings is 2. The summed E-state index contributed by atoms with van der Waals surface area (Å²) in [6.45, 7) is 2.49. The van der Waals surface area contributed by atoms with Crippen LogP contribution in [0, 0.1) is 6.92 Å². The van der Waals surface area contributed by atoms with Crippen LogP contribution in [-0.2, 0) is 12.5 Å². The molecule has 17 heteroatoms. The monoisotopic (exact) mass is 647 g/mol. The third-order valence-corrected chi connectivity index (χ3v) is 6.91. The number of fused-ring (bicyclic) bond motifs is 1. The predicted molar refractivity (Wildman–Crippen MR) is 153 cm³/mol. The largest absolute Gasteiger partial charge is 0.573 e. The fourth-order valence-corrected chi connectivity index (χ4v) is 5.08. The van der Waals surface area contributed by atoms with Crippen LogP contribution in [0.25, 0.3) is 33.5 Å². The van der Waals surface area contributed by atoms with Gasteiger partial charge in [0, 0.05) is 35.7 Å². The number of ether oxygens (including phenoxy) is 1. The molecule has 6 aromatic rings. The second-order valence-corrected chi connectivity index (χ2v) is 10.5. The molecule has 0 radical (unpaired) electrons. The van der Waals surface area contributed by atoms with Crippen LogP contribution in [0.3, 0.4) is 0 Å². The molecule has 4 aromatic heterocycles. The van der Waals surface area contributed by atoms with Gasteiger partial charge < -0.3 is 25.0 Å². The first kappa shape index (κ1) is 31.1. The molecule has 45 heavy (non-hydrogen) atoms. The number of aromatic carboxylic acids is 1. The van der Waals surface area contributed by atoms with Crippen LogP contribution in [0.4, 0.5) is 27.8 Å². The van der Waals surface area contributed by atoms with E-state index in [1.165, 1.54) is 29.2 Å². The number of alkyl halides is 5. The Morgan fingerprint density at radius 1 is 1.13 bits per heavy atom. The van der Waals surface area contributed by atoms with Gasteiger partial charge in [0.05, 0.1) is 11.8 Å². The molecule has 0 aliphatic heterocycles. The van der Waals surface area contributed by atoms with Crippen molar-refractivity contribution in [3.05, 3.63) is 82.4 Å². The van der Waals surface area contributed by atoms with Gasteiger partial charge in [0.2, 0.25) is 0 Å². The molecular formula is C28H22F5N7O4S. The summed E-state index contributed by atoms with van der Waals surface area (Å²) in [6.07, 6.45) is -3.22. The minimum absolute atomic E-state index is 0.0968. The van der Waals surface area contributed by atoms with Crippen LogP contribution in [-0.4, -0.2) is 47.4 Å². The molecule has 0 saturated carbocycles. The molecule has 0 saturated heterocycles. The highest BCUT2D eigenvalue weighted by molar-refractivity contribution is 7.09. The van der Waals surface area contributed by atoms with Crippen molar-refractivity contribution >= 4 is 34.0 Å². The number of carboxylic acids is 1. The van der Waals surface area contributed by atoms with Gasteiger partial charge in [-0.25, -0.2) is 14.8 Å². The van der Waals surface area contributed by atoms with Crippen molar-refractivity contribution in [3.63, 3.8) is 0 Å². The van der Waals surface area contributed by atoms with E-state index in [4.69, 9.17) is 15.3 Å². The number of H-pyrrole nitrogens is 1. The van der Waals surface area contributed by atoms with E-state index in [9.17, 15) is 26.7 Å². The van der Waals surface area contributed by atoms with Crippen molar-refractivity contribution < 1.29 is 41.0 Å².